The zero-order valence-corrected chi connectivity index (χ0v) is 23.0. The van der Waals surface area contributed by atoms with E-state index in [2.05, 4.69) is 39.0 Å². The van der Waals surface area contributed by atoms with Crippen molar-refractivity contribution in [3.05, 3.63) is 63.9 Å². The first kappa shape index (κ1) is 24.7. The van der Waals surface area contributed by atoms with Gasteiger partial charge in [-0.25, -0.2) is 9.67 Å². The zero-order chi connectivity index (χ0) is 24.7. The minimum atomic E-state index is 0.125. The number of thiazole rings is 1. The summed E-state index contributed by atoms with van der Waals surface area (Å²) >= 11 is 15.9. The number of rotatable bonds is 7. The monoisotopic (exact) mass is 545 g/mol. The van der Waals surface area contributed by atoms with E-state index in [1.54, 1.807) is 23.1 Å². The van der Waals surface area contributed by atoms with Crippen molar-refractivity contribution in [2.45, 2.75) is 43.3 Å². The van der Waals surface area contributed by atoms with Crippen LogP contribution in [0.4, 0.5) is 0 Å². The third-order valence-electron chi connectivity index (χ3n) is 5.49. The molecule has 1 aliphatic rings. The van der Waals surface area contributed by atoms with Crippen molar-refractivity contribution in [1.82, 2.24) is 14.8 Å². The Morgan fingerprint density at radius 1 is 1.09 bits per heavy atom. The SMILES string of the molecule is Cc1cc(OC2COC2)cc(-c2cn(-c3nc(-c4ccc(Cl)c(Cl)c4)c(SC(C)C)s3)nc2C)c1. The molecule has 0 atom stereocenters. The van der Waals surface area contributed by atoms with Crippen molar-refractivity contribution in [2.75, 3.05) is 13.2 Å². The Hall–Kier alpha value is -2.03. The number of hydrogen-bond donors (Lipinski definition) is 0. The van der Waals surface area contributed by atoms with E-state index in [1.165, 1.54) is 0 Å². The maximum absolute atomic E-state index is 6.31. The van der Waals surface area contributed by atoms with Crippen molar-refractivity contribution in [2.24, 2.45) is 0 Å². The highest BCUT2D eigenvalue weighted by Crippen LogP contribution is 2.41. The van der Waals surface area contributed by atoms with Crippen LogP contribution in [0.25, 0.3) is 27.5 Å². The van der Waals surface area contributed by atoms with E-state index in [0.29, 0.717) is 28.5 Å². The minimum Gasteiger partial charge on any atom is -0.486 e. The summed E-state index contributed by atoms with van der Waals surface area (Å²) in [5, 5.41) is 7.07. The Morgan fingerprint density at radius 3 is 2.57 bits per heavy atom. The highest BCUT2D eigenvalue weighted by atomic mass is 35.5. The first-order chi connectivity index (χ1) is 16.8. The van der Waals surface area contributed by atoms with Gasteiger partial charge in [-0.2, -0.15) is 5.10 Å². The van der Waals surface area contributed by atoms with Crippen LogP contribution >= 0.6 is 46.3 Å². The first-order valence-corrected chi connectivity index (χ1v) is 13.8. The lowest BCUT2D eigenvalue weighted by molar-refractivity contribution is -0.0796. The van der Waals surface area contributed by atoms with Crippen molar-refractivity contribution in [3.8, 4) is 33.3 Å². The normalized spacial score (nSPS) is 13.9. The number of aryl methyl sites for hydroxylation is 2. The van der Waals surface area contributed by atoms with Crippen LogP contribution in [0.2, 0.25) is 10.0 Å². The average molecular weight is 547 g/mol. The Balaban J connectivity index is 1.52. The molecule has 1 aliphatic heterocycles. The van der Waals surface area contributed by atoms with Gasteiger partial charge in [-0.1, -0.05) is 60.5 Å². The summed E-state index contributed by atoms with van der Waals surface area (Å²) in [6.45, 7) is 9.72. The summed E-state index contributed by atoms with van der Waals surface area (Å²) in [6, 6.07) is 11.9. The summed E-state index contributed by atoms with van der Waals surface area (Å²) in [5.41, 5.74) is 6.02. The van der Waals surface area contributed by atoms with Gasteiger partial charge in [0.05, 0.1) is 38.9 Å². The molecule has 35 heavy (non-hydrogen) atoms. The van der Waals surface area contributed by atoms with Crippen LogP contribution in [0.15, 0.2) is 46.8 Å². The van der Waals surface area contributed by atoms with Crippen LogP contribution < -0.4 is 4.74 Å². The van der Waals surface area contributed by atoms with Gasteiger partial charge < -0.3 is 9.47 Å². The molecule has 4 aromatic rings. The van der Waals surface area contributed by atoms with Gasteiger partial charge in [-0.05, 0) is 49.2 Å². The van der Waals surface area contributed by atoms with Crippen molar-refractivity contribution in [3.63, 3.8) is 0 Å². The van der Waals surface area contributed by atoms with Gasteiger partial charge in [0.2, 0.25) is 5.13 Å². The van der Waals surface area contributed by atoms with Crippen LogP contribution in [0, 0.1) is 13.8 Å². The molecule has 1 saturated heterocycles. The molecule has 0 amide bonds. The molecule has 9 heteroatoms. The molecule has 0 bridgehead atoms. The van der Waals surface area contributed by atoms with E-state index in [9.17, 15) is 0 Å². The predicted octanol–water partition coefficient (Wildman–Crippen LogP) is 7.86. The lowest BCUT2D eigenvalue weighted by atomic mass is 10.0. The molecule has 2 aromatic heterocycles. The molecule has 0 spiro atoms. The summed E-state index contributed by atoms with van der Waals surface area (Å²) < 4.78 is 14.3. The summed E-state index contributed by atoms with van der Waals surface area (Å²) in [5.74, 6) is 0.854. The van der Waals surface area contributed by atoms with E-state index >= 15 is 0 Å². The topological polar surface area (TPSA) is 49.2 Å². The smallest absolute Gasteiger partial charge is 0.211 e. The van der Waals surface area contributed by atoms with Crippen molar-refractivity contribution >= 4 is 46.3 Å². The summed E-state index contributed by atoms with van der Waals surface area (Å²) in [7, 11) is 0. The van der Waals surface area contributed by atoms with Gasteiger partial charge in [-0.3, -0.25) is 0 Å². The minimum absolute atomic E-state index is 0.125. The van der Waals surface area contributed by atoms with E-state index in [4.69, 9.17) is 42.8 Å². The molecule has 0 N–H and O–H groups in total. The number of thioether (sulfide) groups is 1. The van der Waals surface area contributed by atoms with E-state index in [0.717, 1.165) is 48.7 Å². The summed E-state index contributed by atoms with van der Waals surface area (Å²) in [6.07, 6.45) is 2.17. The van der Waals surface area contributed by atoms with Crippen molar-refractivity contribution < 1.29 is 9.47 Å². The maximum atomic E-state index is 6.31. The lowest BCUT2D eigenvalue weighted by Crippen LogP contribution is -2.38. The van der Waals surface area contributed by atoms with Crippen LogP contribution in [0.5, 0.6) is 5.75 Å². The average Bonchev–Trinajstić information content (AvgIpc) is 3.35. The number of benzene rings is 2. The van der Waals surface area contributed by atoms with Gasteiger partial charge in [-0.15, -0.1) is 11.8 Å². The molecule has 1 fully saturated rings. The highest BCUT2D eigenvalue weighted by Gasteiger charge is 2.22. The Bertz CT molecular complexity index is 1380. The molecular formula is C26H25Cl2N3O2S2. The number of ether oxygens (including phenoxy) is 2. The van der Waals surface area contributed by atoms with Crippen LogP contribution in [-0.2, 0) is 4.74 Å². The molecule has 0 radical (unpaired) electrons. The second-order valence-corrected chi connectivity index (χ2v) is 12.4. The van der Waals surface area contributed by atoms with Gasteiger partial charge in [0.15, 0.2) is 0 Å². The zero-order valence-electron chi connectivity index (χ0n) is 19.8. The van der Waals surface area contributed by atoms with E-state index in [1.807, 2.05) is 36.0 Å². The van der Waals surface area contributed by atoms with Gasteiger partial charge in [0, 0.05) is 22.6 Å². The molecule has 3 heterocycles. The largest absolute Gasteiger partial charge is 0.486 e. The molecule has 5 rings (SSSR count). The van der Waals surface area contributed by atoms with E-state index < -0.39 is 0 Å². The van der Waals surface area contributed by atoms with Gasteiger partial charge >= 0.3 is 0 Å². The Morgan fingerprint density at radius 2 is 1.89 bits per heavy atom. The lowest BCUT2D eigenvalue weighted by Gasteiger charge is -2.27. The van der Waals surface area contributed by atoms with E-state index in [-0.39, 0.29) is 6.10 Å². The summed E-state index contributed by atoms with van der Waals surface area (Å²) in [4.78, 5) is 4.97. The molecule has 0 unspecified atom stereocenters. The molecule has 0 aliphatic carbocycles. The predicted molar refractivity (Wildman–Crippen MR) is 146 cm³/mol. The van der Waals surface area contributed by atoms with Gasteiger partial charge in [0.1, 0.15) is 11.9 Å². The third kappa shape index (κ3) is 5.39. The first-order valence-electron chi connectivity index (χ1n) is 11.3. The molecule has 2 aromatic carbocycles. The number of nitrogens with zero attached hydrogens (tertiary/aromatic N) is 3. The van der Waals surface area contributed by atoms with Crippen LogP contribution in [0.1, 0.15) is 25.1 Å². The highest BCUT2D eigenvalue weighted by molar-refractivity contribution is 8.01. The van der Waals surface area contributed by atoms with Crippen molar-refractivity contribution in [1.29, 1.82) is 0 Å². The number of halogens is 2. The standard InChI is InChI=1S/C26H25Cl2N3O2S2/c1-14(2)34-25-24(17-5-6-22(27)23(28)10-17)29-26(35-25)31-11-21(16(4)30-31)18-7-15(3)8-19(9-18)33-20-12-32-13-20/h5-11,14,20H,12-13H2,1-4H3. The maximum Gasteiger partial charge on any atom is 0.211 e. The molecule has 5 nitrogen and oxygen atoms in total. The fourth-order valence-corrected chi connectivity index (χ4v) is 6.55. The fraction of sp³-hybridized carbons (Fsp3) is 0.308. The molecular weight excluding hydrogens is 521 g/mol. The number of aromatic nitrogens is 3. The van der Waals surface area contributed by atoms with Crippen LogP contribution in [-0.4, -0.2) is 39.3 Å². The molecule has 182 valence electrons. The quantitative estimate of drug-likeness (QED) is 0.221. The second kappa shape index (κ2) is 10.1. The van der Waals surface area contributed by atoms with Gasteiger partial charge in [0.25, 0.3) is 0 Å². The third-order valence-corrected chi connectivity index (χ3v) is 8.48. The van der Waals surface area contributed by atoms with Crippen LogP contribution in [0.3, 0.4) is 0 Å². The Labute approximate surface area is 223 Å². The fourth-order valence-electron chi connectivity index (χ4n) is 3.80. The number of hydrogen-bond acceptors (Lipinski definition) is 6. The second-order valence-electron chi connectivity index (χ2n) is 8.81. The molecule has 0 saturated carbocycles. The Kier molecular flexibility index (Phi) is 7.15.